The van der Waals surface area contributed by atoms with Crippen LogP contribution in [0.15, 0.2) is 73.3 Å². The highest BCUT2D eigenvalue weighted by atomic mass is 32.1. The zero-order chi connectivity index (χ0) is 15.2. The summed E-state index contributed by atoms with van der Waals surface area (Å²) in [6, 6.07) is 16.5. The third kappa shape index (κ3) is 1.90. The smallest absolute Gasteiger partial charge is 0.145 e. The van der Waals surface area contributed by atoms with E-state index < -0.39 is 0 Å². The van der Waals surface area contributed by atoms with E-state index in [1.54, 1.807) is 11.3 Å². The number of hydrogen-bond donors (Lipinski definition) is 0. The quantitative estimate of drug-likeness (QED) is 0.483. The van der Waals surface area contributed by atoms with Gasteiger partial charge in [0.05, 0.1) is 0 Å². The molecule has 23 heavy (non-hydrogen) atoms. The van der Waals surface area contributed by atoms with Crippen LogP contribution in [0.3, 0.4) is 0 Å². The van der Waals surface area contributed by atoms with E-state index in [4.69, 9.17) is 0 Å². The van der Waals surface area contributed by atoms with Crippen molar-refractivity contribution in [3.63, 3.8) is 0 Å². The first-order chi connectivity index (χ1) is 11.4. The molecule has 0 amide bonds. The van der Waals surface area contributed by atoms with E-state index in [2.05, 4.69) is 67.9 Å². The van der Waals surface area contributed by atoms with Crippen LogP contribution < -0.4 is 0 Å². The van der Waals surface area contributed by atoms with Crippen molar-refractivity contribution in [1.29, 1.82) is 0 Å². The van der Waals surface area contributed by atoms with Crippen LogP contribution in [0.2, 0.25) is 0 Å². The first-order valence-electron chi connectivity index (χ1n) is 7.35. The minimum Gasteiger partial charge on any atom is -0.292 e. The van der Waals surface area contributed by atoms with Crippen LogP contribution in [0.25, 0.3) is 32.1 Å². The van der Waals surface area contributed by atoms with Gasteiger partial charge < -0.3 is 0 Å². The average Bonchev–Trinajstić information content (AvgIpc) is 3.31. The molecule has 0 aliphatic rings. The van der Waals surface area contributed by atoms with E-state index in [0.717, 1.165) is 32.1 Å². The van der Waals surface area contributed by atoms with Crippen molar-refractivity contribution in [2.45, 2.75) is 0 Å². The Labute approximate surface area is 136 Å². The van der Waals surface area contributed by atoms with Gasteiger partial charge >= 0.3 is 0 Å². The lowest BCUT2D eigenvalue weighted by Gasteiger charge is -2.02. The zero-order valence-corrected chi connectivity index (χ0v) is 12.9. The monoisotopic (exact) mass is 316 g/mol. The minimum absolute atomic E-state index is 0.983. The van der Waals surface area contributed by atoms with Gasteiger partial charge in [0.15, 0.2) is 0 Å². The molecule has 0 saturated carbocycles. The van der Waals surface area contributed by atoms with Crippen LogP contribution in [0.5, 0.6) is 0 Å². The Morgan fingerprint density at radius 1 is 0.652 bits per heavy atom. The Kier molecular flexibility index (Phi) is 2.63. The molecule has 0 fully saturated rings. The molecule has 0 spiro atoms. The third-order valence-electron chi connectivity index (χ3n) is 3.95. The molecule has 5 aromatic rings. The summed E-state index contributed by atoms with van der Waals surface area (Å²) >= 11 is 1.72. The summed E-state index contributed by atoms with van der Waals surface area (Å²) < 4.78 is 4.26. The lowest BCUT2D eigenvalue weighted by Crippen LogP contribution is -1.90. The van der Waals surface area contributed by atoms with E-state index in [9.17, 15) is 0 Å². The maximum Gasteiger partial charge on any atom is 0.145 e. The van der Waals surface area contributed by atoms with E-state index in [1.165, 1.54) is 0 Å². The second-order valence-corrected chi connectivity index (χ2v) is 6.36. The molecule has 5 heteroatoms. The van der Waals surface area contributed by atoms with Gasteiger partial charge in [0, 0.05) is 35.6 Å². The van der Waals surface area contributed by atoms with Gasteiger partial charge in [0.2, 0.25) is 0 Å². The predicted octanol–water partition coefficient (Wildman–Crippen LogP) is 4.43. The van der Waals surface area contributed by atoms with Gasteiger partial charge in [-0.2, -0.15) is 0 Å². The predicted molar refractivity (Wildman–Crippen MR) is 93.6 cm³/mol. The molecule has 0 aliphatic heterocycles. The van der Waals surface area contributed by atoms with Crippen molar-refractivity contribution in [1.82, 2.24) is 19.1 Å². The number of rotatable bonds is 2. The van der Waals surface area contributed by atoms with Crippen LogP contribution in [-0.4, -0.2) is 19.1 Å². The van der Waals surface area contributed by atoms with Crippen LogP contribution in [-0.2, 0) is 0 Å². The Morgan fingerprint density at radius 3 is 1.70 bits per heavy atom. The lowest BCUT2D eigenvalue weighted by molar-refractivity contribution is 1.12. The third-order valence-corrected chi connectivity index (χ3v) is 5.03. The largest absolute Gasteiger partial charge is 0.292 e. The highest BCUT2D eigenvalue weighted by molar-refractivity contribution is 7.17. The molecule has 0 aliphatic carbocycles. The Morgan fingerprint density at radius 2 is 1.17 bits per heavy atom. The first kappa shape index (κ1) is 12.6. The van der Waals surface area contributed by atoms with E-state index in [0.29, 0.717) is 0 Å². The van der Waals surface area contributed by atoms with Crippen LogP contribution >= 0.6 is 11.3 Å². The second-order valence-electron chi connectivity index (χ2n) is 5.32. The second kappa shape index (κ2) is 4.79. The lowest BCUT2D eigenvalue weighted by atomic mass is 10.3. The number of nitrogens with zero attached hydrogens (tertiary/aromatic N) is 4. The van der Waals surface area contributed by atoms with Crippen molar-refractivity contribution in [3.8, 4) is 10.0 Å². The van der Waals surface area contributed by atoms with Gasteiger partial charge in [-0.3, -0.25) is 9.13 Å². The molecule has 4 nitrogen and oxygen atoms in total. The van der Waals surface area contributed by atoms with Gasteiger partial charge in [-0.25, -0.2) is 9.97 Å². The normalized spacial score (nSPS) is 11.5. The summed E-state index contributed by atoms with van der Waals surface area (Å²) in [6.45, 7) is 0. The summed E-state index contributed by atoms with van der Waals surface area (Å²) in [5.41, 5.74) is 1.97. The summed E-state index contributed by atoms with van der Waals surface area (Å²) in [6.07, 6.45) is 7.80. The molecule has 0 saturated heterocycles. The molecule has 5 rings (SSSR count). The summed E-state index contributed by atoms with van der Waals surface area (Å²) in [4.78, 5) is 8.98. The maximum absolute atomic E-state index is 4.49. The fourth-order valence-electron chi connectivity index (χ4n) is 2.86. The number of aromatic nitrogens is 4. The number of thiophene rings is 1. The molecule has 0 atom stereocenters. The number of pyridine rings is 2. The van der Waals surface area contributed by atoms with Crippen molar-refractivity contribution in [2.24, 2.45) is 0 Å². The van der Waals surface area contributed by atoms with E-state index in [1.807, 2.05) is 24.5 Å². The fraction of sp³-hybridized carbons (Fsp3) is 0. The average molecular weight is 316 g/mol. The molecule has 0 aromatic carbocycles. The van der Waals surface area contributed by atoms with Crippen molar-refractivity contribution in [3.05, 3.63) is 73.3 Å². The van der Waals surface area contributed by atoms with Gasteiger partial charge in [-0.1, -0.05) is 11.3 Å². The molecular formula is C18H12N4S. The Bertz CT molecular complexity index is 1040. The summed E-state index contributed by atoms with van der Waals surface area (Å²) in [5.74, 6) is 0. The van der Waals surface area contributed by atoms with Gasteiger partial charge in [0.1, 0.15) is 21.3 Å². The molecule has 0 radical (unpaired) electrons. The van der Waals surface area contributed by atoms with Crippen LogP contribution in [0, 0.1) is 0 Å². The van der Waals surface area contributed by atoms with Gasteiger partial charge in [-0.15, -0.1) is 0 Å². The Balaban J connectivity index is 1.66. The zero-order valence-electron chi connectivity index (χ0n) is 12.1. The molecule has 0 bridgehead atoms. The molecule has 0 unspecified atom stereocenters. The van der Waals surface area contributed by atoms with Crippen LogP contribution in [0.1, 0.15) is 0 Å². The standard InChI is InChI=1S/C18H12N4S/c1-3-13-7-11-21(17(13)19-9-1)15-5-6-16(23-15)22-12-8-14-4-2-10-20-18(14)22/h1-12H. The molecule has 5 aromatic heterocycles. The molecule has 0 N–H and O–H groups in total. The summed E-state index contributed by atoms with van der Waals surface area (Å²) in [7, 11) is 0. The first-order valence-corrected chi connectivity index (χ1v) is 8.16. The van der Waals surface area contributed by atoms with Crippen LogP contribution in [0.4, 0.5) is 0 Å². The number of fused-ring (bicyclic) bond motifs is 2. The topological polar surface area (TPSA) is 35.6 Å². The van der Waals surface area contributed by atoms with E-state index >= 15 is 0 Å². The highest BCUT2D eigenvalue weighted by Crippen LogP contribution is 2.29. The highest BCUT2D eigenvalue weighted by Gasteiger charge is 2.10. The molecular weight excluding hydrogens is 304 g/mol. The molecule has 110 valence electrons. The SMILES string of the molecule is c1cnc2c(c1)ccn2-c1ccc(-n2ccc3cccnc32)s1. The minimum atomic E-state index is 0.983. The molecule has 5 heterocycles. The Hall–Kier alpha value is -2.92. The van der Waals surface area contributed by atoms with Crippen molar-refractivity contribution in [2.75, 3.05) is 0 Å². The van der Waals surface area contributed by atoms with Gasteiger partial charge in [0.25, 0.3) is 0 Å². The maximum atomic E-state index is 4.49. The fourth-order valence-corrected chi connectivity index (χ4v) is 3.84. The number of hydrogen-bond acceptors (Lipinski definition) is 3. The van der Waals surface area contributed by atoms with E-state index in [-0.39, 0.29) is 0 Å². The van der Waals surface area contributed by atoms with Crippen molar-refractivity contribution >= 4 is 33.4 Å². The van der Waals surface area contributed by atoms with Gasteiger partial charge in [-0.05, 0) is 48.5 Å². The van der Waals surface area contributed by atoms with Crippen molar-refractivity contribution < 1.29 is 0 Å². The summed E-state index contributed by atoms with van der Waals surface area (Å²) in [5, 5.41) is 4.59.